The molecule has 1 unspecified atom stereocenters. The first-order valence-electron chi connectivity index (χ1n) is 7.93. The van der Waals surface area contributed by atoms with Gasteiger partial charge in [-0.05, 0) is 30.4 Å². The summed E-state index contributed by atoms with van der Waals surface area (Å²) in [7, 11) is 3.39. The SMILES string of the molecule is CN=C(NCCC(=O)N1CCc2sccc2C1)NC(C)COC.I. The predicted molar refractivity (Wildman–Crippen MR) is 109 cm³/mol. The van der Waals surface area contributed by atoms with E-state index in [0.717, 1.165) is 19.5 Å². The molecule has 8 heteroatoms. The quantitative estimate of drug-likeness (QED) is 0.382. The summed E-state index contributed by atoms with van der Waals surface area (Å²) in [6, 6.07) is 2.29. The second kappa shape index (κ2) is 10.9. The van der Waals surface area contributed by atoms with Gasteiger partial charge in [-0.3, -0.25) is 9.79 Å². The highest BCUT2D eigenvalue weighted by Gasteiger charge is 2.21. The van der Waals surface area contributed by atoms with E-state index in [0.29, 0.717) is 25.5 Å². The lowest BCUT2D eigenvalue weighted by Gasteiger charge is -2.27. The molecule has 1 aromatic heterocycles. The maximum Gasteiger partial charge on any atom is 0.224 e. The smallest absolute Gasteiger partial charge is 0.224 e. The third-order valence-electron chi connectivity index (χ3n) is 3.82. The minimum Gasteiger partial charge on any atom is -0.383 e. The van der Waals surface area contributed by atoms with E-state index in [-0.39, 0.29) is 35.9 Å². The first-order valence-corrected chi connectivity index (χ1v) is 8.81. The monoisotopic (exact) mass is 466 g/mol. The topological polar surface area (TPSA) is 66.0 Å². The number of nitrogens with zero attached hydrogens (tertiary/aromatic N) is 2. The van der Waals surface area contributed by atoms with Gasteiger partial charge in [0.05, 0.1) is 6.61 Å². The number of fused-ring (bicyclic) bond motifs is 1. The van der Waals surface area contributed by atoms with Gasteiger partial charge in [0.1, 0.15) is 0 Å². The van der Waals surface area contributed by atoms with Crippen molar-refractivity contribution in [3.8, 4) is 0 Å². The van der Waals surface area contributed by atoms with Crippen LogP contribution >= 0.6 is 35.3 Å². The number of nitrogens with one attached hydrogen (secondary N) is 2. The Kier molecular flexibility index (Phi) is 9.60. The van der Waals surface area contributed by atoms with Crippen LogP contribution in [0.4, 0.5) is 0 Å². The number of halogens is 1. The lowest BCUT2D eigenvalue weighted by Crippen LogP contribution is -2.45. The van der Waals surface area contributed by atoms with Crippen molar-refractivity contribution < 1.29 is 9.53 Å². The molecule has 0 aliphatic carbocycles. The standard InChI is InChI=1S/C16H26N4O2S.HI/c1-12(11-22-3)19-16(17-2)18-7-4-15(21)20-8-5-14-13(10-20)6-9-23-14;/h6,9,12H,4-5,7-8,10-11H2,1-3H3,(H2,17,18,19);1H. The lowest BCUT2D eigenvalue weighted by molar-refractivity contribution is -0.131. The van der Waals surface area contributed by atoms with E-state index < -0.39 is 0 Å². The van der Waals surface area contributed by atoms with Gasteiger partial charge in [-0.25, -0.2) is 0 Å². The number of guanidine groups is 1. The Morgan fingerprint density at radius 3 is 3.04 bits per heavy atom. The van der Waals surface area contributed by atoms with Crippen LogP contribution < -0.4 is 10.6 Å². The fourth-order valence-electron chi connectivity index (χ4n) is 2.63. The molecule has 1 aliphatic heterocycles. The molecule has 2 rings (SSSR count). The lowest BCUT2D eigenvalue weighted by atomic mass is 10.1. The van der Waals surface area contributed by atoms with Gasteiger partial charge in [0.25, 0.3) is 0 Å². The van der Waals surface area contributed by atoms with Crippen LogP contribution in [-0.2, 0) is 22.5 Å². The second-order valence-corrected chi connectivity index (χ2v) is 6.68. The number of carbonyl (C=O) groups excluding carboxylic acids is 1. The number of hydrogen-bond donors (Lipinski definition) is 2. The Balaban J connectivity index is 0.00000288. The van der Waals surface area contributed by atoms with E-state index in [9.17, 15) is 4.79 Å². The third kappa shape index (κ3) is 6.21. The summed E-state index contributed by atoms with van der Waals surface area (Å²) >= 11 is 1.79. The van der Waals surface area contributed by atoms with Gasteiger partial charge < -0.3 is 20.3 Å². The van der Waals surface area contributed by atoms with Crippen molar-refractivity contribution >= 4 is 47.2 Å². The number of hydrogen-bond acceptors (Lipinski definition) is 4. The molecule has 0 aromatic carbocycles. The number of ether oxygens (including phenoxy) is 1. The van der Waals surface area contributed by atoms with Gasteiger partial charge in [-0.1, -0.05) is 0 Å². The average Bonchev–Trinajstić information content (AvgIpc) is 3.01. The summed E-state index contributed by atoms with van der Waals surface area (Å²) in [6.07, 6.45) is 1.45. The molecular weight excluding hydrogens is 439 g/mol. The van der Waals surface area contributed by atoms with Gasteiger partial charge in [-0.15, -0.1) is 35.3 Å². The summed E-state index contributed by atoms with van der Waals surface area (Å²) in [5.41, 5.74) is 1.30. The van der Waals surface area contributed by atoms with E-state index in [4.69, 9.17) is 4.74 Å². The summed E-state index contributed by atoms with van der Waals surface area (Å²) in [6.45, 7) is 4.77. The number of aliphatic imine (C=N–C) groups is 1. The number of carbonyl (C=O) groups is 1. The van der Waals surface area contributed by atoms with Gasteiger partial charge >= 0.3 is 0 Å². The molecule has 2 N–H and O–H groups in total. The minimum absolute atomic E-state index is 0. The molecule has 0 saturated carbocycles. The number of rotatable bonds is 6. The Hall–Kier alpha value is -0.870. The maximum atomic E-state index is 12.3. The van der Waals surface area contributed by atoms with Crippen molar-refractivity contribution in [2.45, 2.75) is 32.4 Å². The molecule has 1 aromatic rings. The normalized spacial score (nSPS) is 15.3. The van der Waals surface area contributed by atoms with Gasteiger partial charge in [0, 0.05) is 51.1 Å². The van der Waals surface area contributed by atoms with E-state index in [1.807, 2.05) is 11.8 Å². The summed E-state index contributed by atoms with van der Waals surface area (Å²) in [5, 5.41) is 8.51. The number of thiophene rings is 1. The van der Waals surface area contributed by atoms with Crippen LogP contribution in [0.5, 0.6) is 0 Å². The van der Waals surface area contributed by atoms with Gasteiger partial charge in [0.2, 0.25) is 5.91 Å². The van der Waals surface area contributed by atoms with Crippen molar-refractivity contribution in [3.63, 3.8) is 0 Å². The van der Waals surface area contributed by atoms with Crippen molar-refractivity contribution in [2.24, 2.45) is 4.99 Å². The molecule has 0 radical (unpaired) electrons. The Morgan fingerprint density at radius 1 is 1.54 bits per heavy atom. The summed E-state index contributed by atoms with van der Waals surface area (Å²) < 4.78 is 5.09. The Labute approximate surface area is 165 Å². The van der Waals surface area contributed by atoms with Crippen LogP contribution in [0, 0.1) is 0 Å². The second-order valence-electron chi connectivity index (χ2n) is 5.68. The molecule has 0 fully saturated rings. The maximum absolute atomic E-state index is 12.3. The van der Waals surface area contributed by atoms with Crippen LogP contribution in [0.2, 0.25) is 0 Å². The zero-order valence-electron chi connectivity index (χ0n) is 14.5. The van der Waals surface area contributed by atoms with Crippen molar-refractivity contribution in [3.05, 3.63) is 21.9 Å². The van der Waals surface area contributed by atoms with Crippen LogP contribution in [0.1, 0.15) is 23.8 Å². The fraction of sp³-hybridized carbons (Fsp3) is 0.625. The zero-order chi connectivity index (χ0) is 16.7. The number of amides is 1. The van der Waals surface area contributed by atoms with E-state index >= 15 is 0 Å². The summed E-state index contributed by atoms with van der Waals surface area (Å²) in [5.74, 6) is 0.885. The third-order valence-corrected chi connectivity index (χ3v) is 4.84. The molecule has 24 heavy (non-hydrogen) atoms. The first-order chi connectivity index (χ1) is 11.1. The largest absolute Gasteiger partial charge is 0.383 e. The molecule has 2 heterocycles. The molecule has 136 valence electrons. The van der Waals surface area contributed by atoms with Crippen molar-refractivity contribution in [1.82, 2.24) is 15.5 Å². The fourth-order valence-corrected chi connectivity index (χ4v) is 3.52. The van der Waals surface area contributed by atoms with Crippen LogP contribution in [0.15, 0.2) is 16.4 Å². The van der Waals surface area contributed by atoms with Crippen LogP contribution in [0.25, 0.3) is 0 Å². The molecular formula is C16H27IN4O2S. The highest BCUT2D eigenvalue weighted by atomic mass is 127. The molecule has 0 spiro atoms. The number of methoxy groups -OCH3 is 1. The highest BCUT2D eigenvalue weighted by Crippen LogP contribution is 2.24. The highest BCUT2D eigenvalue weighted by molar-refractivity contribution is 14.0. The molecule has 6 nitrogen and oxygen atoms in total. The first kappa shape index (κ1) is 21.2. The average molecular weight is 466 g/mol. The van der Waals surface area contributed by atoms with Crippen LogP contribution in [-0.4, -0.2) is 56.7 Å². The van der Waals surface area contributed by atoms with E-state index in [2.05, 4.69) is 27.1 Å². The molecule has 1 atom stereocenters. The predicted octanol–water partition coefficient (Wildman–Crippen LogP) is 1.84. The summed E-state index contributed by atoms with van der Waals surface area (Å²) in [4.78, 5) is 19.9. The van der Waals surface area contributed by atoms with Crippen LogP contribution in [0.3, 0.4) is 0 Å². The molecule has 1 amide bonds. The van der Waals surface area contributed by atoms with Gasteiger partial charge in [-0.2, -0.15) is 0 Å². The van der Waals surface area contributed by atoms with Crippen molar-refractivity contribution in [2.75, 3.05) is 33.9 Å². The Bertz CT molecular complexity index is 550. The van der Waals surface area contributed by atoms with Crippen molar-refractivity contribution in [1.29, 1.82) is 0 Å². The van der Waals surface area contributed by atoms with E-state index in [1.165, 1.54) is 10.4 Å². The molecule has 0 saturated heterocycles. The molecule has 1 aliphatic rings. The minimum atomic E-state index is 0. The van der Waals surface area contributed by atoms with E-state index in [1.54, 1.807) is 25.5 Å². The Morgan fingerprint density at radius 2 is 2.33 bits per heavy atom. The molecule has 0 bridgehead atoms. The van der Waals surface area contributed by atoms with Gasteiger partial charge in [0.15, 0.2) is 5.96 Å². The zero-order valence-corrected chi connectivity index (χ0v) is 17.6.